The van der Waals surface area contributed by atoms with E-state index < -0.39 is 36.2 Å². The number of unbranched alkanes of at least 4 members (excludes halogenated alkanes) is 2. The lowest BCUT2D eigenvalue weighted by Gasteiger charge is -2.29. The van der Waals surface area contributed by atoms with E-state index >= 15 is 0 Å². The fraction of sp³-hybridized carbons (Fsp3) is 0.950. The number of carbonyl (C=O) groups is 1. The smallest absolute Gasteiger partial charge is 0.309 e. The largest absolute Gasteiger partial charge is 0.456 e. The van der Waals surface area contributed by atoms with Crippen molar-refractivity contribution >= 4 is 5.97 Å². The van der Waals surface area contributed by atoms with Gasteiger partial charge < -0.3 is 28.4 Å². The van der Waals surface area contributed by atoms with E-state index in [0.717, 1.165) is 25.7 Å². The van der Waals surface area contributed by atoms with Crippen LogP contribution in [0.1, 0.15) is 67.2 Å². The highest BCUT2D eigenvalue weighted by atomic mass is 16.8. The predicted molar refractivity (Wildman–Crippen MR) is 96.8 cm³/mol. The molecule has 0 aliphatic carbocycles. The molecule has 27 heavy (non-hydrogen) atoms. The zero-order valence-electron chi connectivity index (χ0n) is 17.4. The van der Waals surface area contributed by atoms with Crippen LogP contribution in [-0.2, 0) is 33.2 Å². The zero-order chi connectivity index (χ0) is 19.8. The Bertz CT molecular complexity index is 532. The highest BCUT2D eigenvalue weighted by molar-refractivity contribution is 5.72. The number of esters is 1. The van der Waals surface area contributed by atoms with E-state index in [2.05, 4.69) is 6.92 Å². The molecule has 0 spiro atoms. The number of hydrogen-bond acceptors (Lipinski definition) is 7. The van der Waals surface area contributed by atoms with Gasteiger partial charge in [-0.25, -0.2) is 0 Å². The Hall–Kier alpha value is -0.730. The maximum Gasteiger partial charge on any atom is 0.309 e. The minimum absolute atomic E-state index is 0.163. The lowest BCUT2D eigenvalue weighted by atomic mass is 10.0. The summed E-state index contributed by atoms with van der Waals surface area (Å²) < 4.78 is 35.4. The van der Waals surface area contributed by atoms with Crippen molar-refractivity contribution < 1.29 is 33.2 Å². The van der Waals surface area contributed by atoms with Gasteiger partial charge in [0, 0.05) is 0 Å². The van der Waals surface area contributed by atoms with Crippen molar-refractivity contribution in [3.63, 3.8) is 0 Å². The van der Waals surface area contributed by atoms with Crippen LogP contribution in [0.4, 0.5) is 0 Å². The quantitative estimate of drug-likeness (QED) is 0.492. The average Bonchev–Trinajstić information content (AvgIpc) is 3.18. The molecule has 6 atom stereocenters. The molecule has 0 radical (unpaired) electrons. The standard InChI is InChI=1S/C20H34O7/c1-7-8-9-10-12(2)17(21)23-15-14(13-11-22-19(3,4)25-13)24-18-16(15)26-20(5,6)27-18/h12-16,18H,7-11H2,1-6H3/t12-,13-,14-,15+,16-,18-/m1/s1. The van der Waals surface area contributed by atoms with E-state index in [1.54, 1.807) is 0 Å². The molecule has 3 rings (SSSR count). The first-order valence-electron chi connectivity index (χ1n) is 10.2. The van der Waals surface area contributed by atoms with Crippen LogP contribution in [0.15, 0.2) is 0 Å². The molecule has 0 saturated carbocycles. The number of ether oxygens (including phenoxy) is 6. The molecule has 3 heterocycles. The first-order chi connectivity index (χ1) is 12.6. The summed E-state index contributed by atoms with van der Waals surface area (Å²) in [6, 6.07) is 0. The summed E-state index contributed by atoms with van der Waals surface area (Å²) in [5, 5.41) is 0. The molecule has 0 bridgehead atoms. The Labute approximate surface area is 161 Å². The molecule has 0 aromatic carbocycles. The van der Waals surface area contributed by atoms with E-state index in [0.29, 0.717) is 6.61 Å². The average molecular weight is 386 g/mol. The molecule has 0 aromatic heterocycles. The van der Waals surface area contributed by atoms with Gasteiger partial charge >= 0.3 is 5.97 Å². The summed E-state index contributed by atoms with van der Waals surface area (Å²) in [5.41, 5.74) is 0. The molecule has 0 aromatic rings. The van der Waals surface area contributed by atoms with Crippen molar-refractivity contribution in [2.24, 2.45) is 5.92 Å². The third kappa shape index (κ3) is 4.82. The Morgan fingerprint density at radius 3 is 2.44 bits per heavy atom. The van der Waals surface area contributed by atoms with Gasteiger partial charge in [-0.15, -0.1) is 0 Å². The maximum atomic E-state index is 12.7. The Morgan fingerprint density at radius 1 is 1.07 bits per heavy atom. The van der Waals surface area contributed by atoms with Gasteiger partial charge in [0.1, 0.15) is 12.2 Å². The first-order valence-corrected chi connectivity index (χ1v) is 10.2. The second-order valence-electron chi connectivity index (χ2n) is 8.73. The van der Waals surface area contributed by atoms with Crippen LogP contribution >= 0.6 is 0 Å². The third-order valence-corrected chi connectivity index (χ3v) is 5.32. The van der Waals surface area contributed by atoms with Gasteiger partial charge in [-0.05, 0) is 34.1 Å². The van der Waals surface area contributed by atoms with Crippen LogP contribution in [0.5, 0.6) is 0 Å². The van der Waals surface area contributed by atoms with Crippen molar-refractivity contribution in [2.75, 3.05) is 6.61 Å². The second-order valence-corrected chi connectivity index (χ2v) is 8.73. The predicted octanol–water partition coefficient (Wildman–Crippen LogP) is 3.14. The van der Waals surface area contributed by atoms with Gasteiger partial charge in [0.05, 0.1) is 12.5 Å². The third-order valence-electron chi connectivity index (χ3n) is 5.32. The summed E-state index contributed by atoms with van der Waals surface area (Å²) in [4.78, 5) is 12.7. The van der Waals surface area contributed by atoms with Crippen molar-refractivity contribution in [3.05, 3.63) is 0 Å². The van der Waals surface area contributed by atoms with E-state index in [1.165, 1.54) is 0 Å². The lowest BCUT2D eigenvalue weighted by molar-refractivity contribution is -0.235. The minimum atomic E-state index is -0.774. The van der Waals surface area contributed by atoms with E-state index in [4.69, 9.17) is 28.4 Å². The van der Waals surface area contributed by atoms with Gasteiger partial charge in [0.15, 0.2) is 30.1 Å². The Balaban J connectivity index is 1.68. The van der Waals surface area contributed by atoms with Crippen molar-refractivity contribution in [2.45, 2.75) is 110 Å². The van der Waals surface area contributed by atoms with Crippen LogP contribution in [-0.4, -0.2) is 54.9 Å². The Kier molecular flexibility index (Phi) is 6.18. The molecule has 0 unspecified atom stereocenters. The van der Waals surface area contributed by atoms with E-state index in [9.17, 15) is 4.79 Å². The first kappa shape index (κ1) is 21.0. The molecule has 7 nitrogen and oxygen atoms in total. The molecule has 3 saturated heterocycles. The van der Waals surface area contributed by atoms with E-state index in [-0.39, 0.29) is 18.0 Å². The van der Waals surface area contributed by atoms with Crippen molar-refractivity contribution in [1.82, 2.24) is 0 Å². The summed E-state index contributed by atoms with van der Waals surface area (Å²) >= 11 is 0. The molecular weight excluding hydrogens is 352 g/mol. The molecule has 7 heteroatoms. The molecule has 0 amide bonds. The second kappa shape index (κ2) is 7.95. The molecule has 0 N–H and O–H groups in total. The lowest BCUT2D eigenvalue weighted by Crippen LogP contribution is -2.45. The monoisotopic (exact) mass is 386 g/mol. The molecule has 156 valence electrons. The normalized spacial score (nSPS) is 37.9. The number of carbonyl (C=O) groups excluding carboxylic acids is 1. The van der Waals surface area contributed by atoms with Gasteiger partial charge in [0.2, 0.25) is 0 Å². The molecule has 3 aliphatic rings. The van der Waals surface area contributed by atoms with E-state index in [1.807, 2.05) is 34.6 Å². The van der Waals surface area contributed by atoms with Gasteiger partial charge in [-0.3, -0.25) is 4.79 Å². The van der Waals surface area contributed by atoms with Crippen LogP contribution in [0, 0.1) is 5.92 Å². The highest BCUT2D eigenvalue weighted by Gasteiger charge is 2.60. The highest BCUT2D eigenvalue weighted by Crippen LogP contribution is 2.42. The van der Waals surface area contributed by atoms with Crippen molar-refractivity contribution in [3.8, 4) is 0 Å². The van der Waals surface area contributed by atoms with Gasteiger partial charge in [-0.1, -0.05) is 33.1 Å². The number of hydrogen-bond donors (Lipinski definition) is 0. The van der Waals surface area contributed by atoms with Crippen LogP contribution in [0.3, 0.4) is 0 Å². The molecule has 3 fully saturated rings. The summed E-state index contributed by atoms with van der Waals surface area (Å²) in [7, 11) is 0. The number of rotatable bonds is 7. The number of fused-ring (bicyclic) bond motifs is 1. The van der Waals surface area contributed by atoms with Crippen molar-refractivity contribution in [1.29, 1.82) is 0 Å². The fourth-order valence-electron chi connectivity index (χ4n) is 3.88. The molecular formula is C20H34O7. The minimum Gasteiger partial charge on any atom is -0.456 e. The molecule has 3 aliphatic heterocycles. The summed E-state index contributed by atoms with van der Waals surface area (Å²) in [6.45, 7) is 11.8. The summed E-state index contributed by atoms with van der Waals surface area (Å²) in [6.07, 6.45) is 1.63. The summed E-state index contributed by atoms with van der Waals surface area (Å²) in [5.74, 6) is -1.85. The fourth-order valence-corrected chi connectivity index (χ4v) is 3.88. The van der Waals surface area contributed by atoms with Gasteiger partial charge in [0.25, 0.3) is 0 Å². The van der Waals surface area contributed by atoms with Crippen LogP contribution in [0.25, 0.3) is 0 Å². The van der Waals surface area contributed by atoms with Crippen LogP contribution < -0.4 is 0 Å². The van der Waals surface area contributed by atoms with Crippen LogP contribution in [0.2, 0.25) is 0 Å². The van der Waals surface area contributed by atoms with Gasteiger partial charge in [-0.2, -0.15) is 0 Å². The topological polar surface area (TPSA) is 72.5 Å². The SMILES string of the molecule is CCCCC[C@@H](C)C(=O)O[C@@H]1[C@H]2OC(C)(C)O[C@H]2O[C@@H]1[C@H]1COC(C)(C)O1. The zero-order valence-corrected chi connectivity index (χ0v) is 17.4. The Morgan fingerprint density at radius 2 is 1.81 bits per heavy atom. The maximum absolute atomic E-state index is 12.7.